The predicted molar refractivity (Wildman–Crippen MR) is 125 cm³/mol. The number of amides is 1. The topological polar surface area (TPSA) is 128 Å². The van der Waals surface area contributed by atoms with Crippen molar-refractivity contribution in [3.63, 3.8) is 0 Å². The van der Waals surface area contributed by atoms with Crippen LogP contribution < -0.4 is 10.4 Å². The number of carbonyl (C=O) groups is 2. The lowest BCUT2D eigenvalue weighted by atomic mass is 10.1. The van der Waals surface area contributed by atoms with Gasteiger partial charge in [-0.2, -0.15) is 0 Å². The van der Waals surface area contributed by atoms with Crippen LogP contribution in [-0.2, 0) is 24.3 Å². The molecular formula is C26H29FN3O5-. The fraction of sp³-hybridized carbons (Fsp3) is 0.346. The van der Waals surface area contributed by atoms with Crippen molar-refractivity contribution >= 4 is 11.9 Å². The molecule has 8 nitrogen and oxygen atoms in total. The summed E-state index contributed by atoms with van der Waals surface area (Å²) in [5.41, 5.74) is 2.44. The van der Waals surface area contributed by atoms with E-state index in [0.717, 1.165) is 5.56 Å². The van der Waals surface area contributed by atoms with Crippen molar-refractivity contribution in [2.75, 3.05) is 0 Å². The van der Waals surface area contributed by atoms with E-state index in [9.17, 15) is 29.3 Å². The summed E-state index contributed by atoms with van der Waals surface area (Å²) >= 11 is 0. The van der Waals surface area contributed by atoms with Gasteiger partial charge in [0.25, 0.3) is 5.91 Å². The fourth-order valence-electron chi connectivity index (χ4n) is 3.93. The Balaban J connectivity index is 1.85. The highest BCUT2D eigenvalue weighted by molar-refractivity contribution is 5.94. The van der Waals surface area contributed by atoms with Crippen molar-refractivity contribution in [1.29, 1.82) is 0 Å². The Kier molecular flexibility index (Phi) is 9.11. The van der Waals surface area contributed by atoms with Gasteiger partial charge in [-0.15, -0.1) is 0 Å². The van der Waals surface area contributed by atoms with Gasteiger partial charge in [0.05, 0.1) is 17.9 Å². The number of carbonyl (C=O) groups excluding carboxylic acids is 2. The lowest BCUT2D eigenvalue weighted by Crippen LogP contribution is -2.29. The van der Waals surface area contributed by atoms with Gasteiger partial charge in [-0.25, -0.2) is 9.37 Å². The lowest BCUT2D eigenvalue weighted by molar-refractivity contribution is -0.307. The summed E-state index contributed by atoms with van der Waals surface area (Å²) in [7, 11) is 0. The van der Waals surface area contributed by atoms with E-state index >= 15 is 0 Å². The van der Waals surface area contributed by atoms with Crippen LogP contribution in [-0.4, -0.2) is 43.8 Å². The molecule has 9 heteroatoms. The monoisotopic (exact) mass is 482 g/mol. The predicted octanol–water partition coefficient (Wildman–Crippen LogP) is 1.82. The highest BCUT2D eigenvalue weighted by Crippen LogP contribution is 2.25. The molecule has 0 saturated heterocycles. The van der Waals surface area contributed by atoms with Crippen molar-refractivity contribution in [2.45, 2.75) is 57.9 Å². The quantitative estimate of drug-likeness (QED) is 0.361. The molecule has 0 fully saturated rings. The summed E-state index contributed by atoms with van der Waals surface area (Å²) < 4.78 is 15.3. The van der Waals surface area contributed by atoms with Gasteiger partial charge in [0.2, 0.25) is 0 Å². The minimum Gasteiger partial charge on any atom is -0.550 e. The van der Waals surface area contributed by atoms with Crippen molar-refractivity contribution in [2.24, 2.45) is 0 Å². The van der Waals surface area contributed by atoms with Gasteiger partial charge in [0.1, 0.15) is 17.3 Å². The lowest BCUT2D eigenvalue weighted by Gasteiger charge is -2.18. The first-order chi connectivity index (χ1) is 16.8. The molecule has 1 aromatic heterocycles. The van der Waals surface area contributed by atoms with Crippen LogP contribution in [0.2, 0.25) is 0 Å². The van der Waals surface area contributed by atoms with E-state index in [1.165, 1.54) is 12.1 Å². The van der Waals surface area contributed by atoms with Gasteiger partial charge in [-0.1, -0.05) is 37.3 Å². The minimum atomic E-state index is -1.39. The van der Waals surface area contributed by atoms with Crippen LogP contribution in [0, 0.1) is 5.82 Å². The van der Waals surface area contributed by atoms with Crippen LogP contribution in [0.3, 0.4) is 0 Å². The van der Waals surface area contributed by atoms with E-state index < -0.39 is 30.4 Å². The zero-order valence-electron chi connectivity index (χ0n) is 19.5. The SMILES string of the molecule is CCc1c(C(=O)NCc2ccccc2)nc(-c2ccc(F)cc2)n1CC[C@@H](O)C[C@@H](O)CC(=O)[O-]. The first-order valence-electron chi connectivity index (χ1n) is 11.5. The van der Waals surface area contributed by atoms with Gasteiger partial charge < -0.3 is 30.0 Å². The summed E-state index contributed by atoms with van der Waals surface area (Å²) in [6, 6.07) is 15.2. The molecule has 186 valence electrons. The Bertz CT molecular complexity index is 1130. The maximum atomic E-state index is 13.5. The van der Waals surface area contributed by atoms with Crippen LogP contribution in [0.5, 0.6) is 0 Å². The van der Waals surface area contributed by atoms with E-state index in [0.29, 0.717) is 30.0 Å². The third kappa shape index (κ3) is 7.21. The van der Waals surface area contributed by atoms with Crippen molar-refractivity contribution < 1.29 is 29.3 Å². The Morgan fingerprint density at radius 2 is 1.77 bits per heavy atom. The molecule has 3 aromatic rings. The normalized spacial score (nSPS) is 12.8. The molecule has 35 heavy (non-hydrogen) atoms. The highest BCUT2D eigenvalue weighted by atomic mass is 19.1. The van der Waals surface area contributed by atoms with Crippen molar-refractivity contribution in [3.05, 3.63) is 77.4 Å². The van der Waals surface area contributed by atoms with Crippen LogP contribution in [0.15, 0.2) is 54.6 Å². The standard InChI is InChI=1S/C26H30FN3O5/c1-2-22-24(26(35)28-16-17-6-4-3-5-7-17)29-25(18-8-10-19(27)11-9-18)30(22)13-12-20(31)14-21(32)15-23(33)34/h3-11,20-21,31-32H,2,12-16H2,1H3,(H,28,35)(H,33,34)/p-1/t20-,21-/m1/s1. The Morgan fingerprint density at radius 1 is 1.09 bits per heavy atom. The van der Waals surface area contributed by atoms with Gasteiger partial charge in [0.15, 0.2) is 0 Å². The molecule has 3 N–H and O–H groups in total. The molecule has 0 saturated carbocycles. The largest absolute Gasteiger partial charge is 0.550 e. The maximum absolute atomic E-state index is 13.5. The fourth-order valence-corrected chi connectivity index (χ4v) is 3.93. The molecule has 0 unspecified atom stereocenters. The molecule has 0 bridgehead atoms. The van der Waals surface area contributed by atoms with E-state index in [-0.39, 0.29) is 31.0 Å². The van der Waals surface area contributed by atoms with Crippen molar-refractivity contribution in [3.8, 4) is 11.4 Å². The molecule has 0 aliphatic carbocycles. The molecule has 2 atom stereocenters. The number of hydrogen-bond acceptors (Lipinski definition) is 6. The zero-order chi connectivity index (χ0) is 25.4. The second-order valence-electron chi connectivity index (χ2n) is 8.32. The van der Waals surface area contributed by atoms with Crippen LogP contribution >= 0.6 is 0 Å². The molecule has 3 rings (SSSR count). The smallest absolute Gasteiger partial charge is 0.272 e. The molecule has 1 amide bonds. The maximum Gasteiger partial charge on any atom is 0.272 e. The number of nitrogens with zero attached hydrogens (tertiary/aromatic N) is 2. The van der Waals surface area contributed by atoms with Gasteiger partial charge in [-0.05, 0) is 49.1 Å². The number of imidazole rings is 1. The number of aliphatic hydroxyl groups is 2. The molecule has 0 aliphatic heterocycles. The second-order valence-corrected chi connectivity index (χ2v) is 8.32. The average Bonchev–Trinajstić information content (AvgIpc) is 3.20. The first kappa shape index (κ1) is 26.1. The first-order valence-corrected chi connectivity index (χ1v) is 11.5. The van der Waals surface area contributed by atoms with Gasteiger partial charge in [0, 0.05) is 31.0 Å². The number of rotatable bonds is 12. The molecular weight excluding hydrogens is 453 g/mol. The second kappa shape index (κ2) is 12.2. The number of aliphatic carboxylic acids is 1. The number of hydrogen-bond donors (Lipinski definition) is 3. The molecule has 0 aliphatic rings. The van der Waals surface area contributed by atoms with E-state index in [2.05, 4.69) is 10.3 Å². The summed E-state index contributed by atoms with van der Waals surface area (Å²) in [5, 5.41) is 33.7. The molecule has 1 heterocycles. The summed E-state index contributed by atoms with van der Waals surface area (Å²) in [6.45, 7) is 2.47. The minimum absolute atomic E-state index is 0.125. The third-order valence-corrected chi connectivity index (χ3v) is 5.65. The Hall–Kier alpha value is -3.56. The van der Waals surface area contributed by atoms with Gasteiger partial charge >= 0.3 is 0 Å². The van der Waals surface area contributed by atoms with Gasteiger partial charge in [-0.3, -0.25) is 4.79 Å². The summed E-state index contributed by atoms with van der Waals surface area (Å²) in [5.74, 6) is -1.69. The van der Waals surface area contributed by atoms with E-state index in [4.69, 9.17) is 0 Å². The van der Waals surface area contributed by atoms with Crippen molar-refractivity contribution in [1.82, 2.24) is 14.9 Å². The number of aromatic nitrogens is 2. The number of benzene rings is 2. The average molecular weight is 483 g/mol. The Labute approximate surface area is 203 Å². The summed E-state index contributed by atoms with van der Waals surface area (Å²) in [4.78, 5) is 28.3. The third-order valence-electron chi connectivity index (χ3n) is 5.65. The zero-order valence-corrected chi connectivity index (χ0v) is 19.5. The number of carboxylic acid groups (broad SMARTS) is 1. The van der Waals surface area contributed by atoms with E-state index in [1.807, 2.05) is 37.3 Å². The highest BCUT2D eigenvalue weighted by Gasteiger charge is 2.23. The number of aliphatic hydroxyl groups excluding tert-OH is 2. The molecule has 2 aromatic carbocycles. The number of nitrogens with one attached hydrogen (secondary N) is 1. The Morgan fingerprint density at radius 3 is 2.40 bits per heavy atom. The van der Waals surface area contributed by atoms with Crippen LogP contribution in [0.25, 0.3) is 11.4 Å². The number of halogens is 1. The molecule has 0 radical (unpaired) electrons. The van der Waals surface area contributed by atoms with E-state index in [1.54, 1.807) is 16.7 Å². The molecule has 0 spiro atoms. The van der Waals surface area contributed by atoms with Crippen LogP contribution in [0.1, 0.15) is 47.9 Å². The van der Waals surface area contributed by atoms with Crippen LogP contribution in [0.4, 0.5) is 4.39 Å². The number of carboxylic acids is 1. The summed E-state index contributed by atoms with van der Waals surface area (Å²) in [6.07, 6.45) is -2.22.